The van der Waals surface area contributed by atoms with Crippen molar-refractivity contribution >= 4 is 43.4 Å². The molecule has 0 fully saturated rings. The molecule has 1 heterocycles. The average molecular weight is 750 g/mol. The highest BCUT2D eigenvalue weighted by molar-refractivity contribution is 9.11. The Labute approximate surface area is 287 Å². The Bertz CT molecular complexity index is 1700. The van der Waals surface area contributed by atoms with Crippen LogP contribution in [0.2, 0.25) is 0 Å². The molecule has 8 heteroatoms. The van der Waals surface area contributed by atoms with Crippen molar-refractivity contribution in [3.63, 3.8) is 0 Å². The second-order valence-electron chi connectivity index (χ2n) is 14.1. The van der Waals surface area contributed by atoms with E-state index in [0.29, 0.717) is 43.3 Å². The van der Waals surface area contributed by atoms with E-state index in [1.165, 1.54) is 0 Å². The Morgan fingerprint density at radius 3 is 1.85 bits per heavy atom. The lowest BCUT2D eigenvalue weighted by molar-refractivity contribution is -0.119. The molecule has 240 valence electrons. The molecule has 1 aliphatic heterocycles. The normalized spacial score (nSPS) is 18.9. The highest BCUT2D eigenvalue weighted by Crippen LogP contribution is 2.52. The summed E-state index contributed by atoms with van der Waals surface area (Å²) in [6.07, 6.45) is 2.43. The van der Waals surface area contributed by atoms with Crippen molar-refractivity contribution in [3.05, 3.63) is 109 Å². The number of carbonyl (C=O) groups is 2. The van der Waals surface area contributed by atoms with Gasteiger partial charge in [0.1, 0.15) is 19.0 Å². The molecule has 0 spiro atoms. The fourth-order valence-corrected chi connectivity index (χ4v) is 8.37. The number of dihydropyridines is 1. The molecule has 1 N–H and O–H groups in total. The number of methoxy groups -OCH3 is 1. The van der Waals surface area contributed by atoms with Crippen molar-refractivity contribution in [2.24, 2.45) is 10.8 Å². The number of ketones is 2. The van der Waals surface area contributed by atoms with E-state index in [1.54, 1.807) is 7.11 Å². The quantitative estimate of drug-likeness (QED) is 0.248. The summed E-state index contributed by atoms with van der Waals surface area (Å²) >= 11 is 7.49. The van der Waals surface area contributed by atoms with Crippen LogP contribution in [-0.2, 0) is 22.8 Å². The van der Waals surface area contributed by atoms with Crippen molar-refractivity contribution in [2.45, 2.75) is 72.5 Å². The molecule has 0 atom stereocenters. The summed E-state index contributed by atoms with van der Waals surface area (Å²) in [5, 5.41) is 3.59. The van der Waals surface area contributed by atoms with E-state index in [0.717, 1.165) is 61.0 Å². The molecule has 46 heavy (non-hydrogen) atoms. The Morgan fingerprint density at radius 1 is 0.717 bits per heavy atom. The van der Waals surface area contributed by atoms with Gasteiger partial charge in [0, 0.05) is 41.3 Å². The van der Waals surface area contributed by atoms with E-state index < -0.39 is 5.92 Å². The molecule has 0 radical (unpaired) electrons. The number of carbonyl (C=O) groups excluding carboxylic acids is 2. The zero-order valence-electron chi connectivity index (χ0n) is 26.9. The van der Waals surface area contributed by atoms with Gasteiger partial charge in [0.05, 0.1) is 16.1 Å². The number of nitrogens with one attached hydrogen (secondary N) is 1. The first kappa shape index (κ1) is 32.6. The van der Waals surface area contributed by atoms with Gasteiger partial charge in [0.15, 0.2) is 23.1 Å². The highest BCUT2D eigenvalue weighted by Gasteiger charge is 2.46. The van der Waals surface area contributed by atoms with E-state index in [4.69, 9.17) is 14.2 Å². The van der Waals surface area contributed by atoms with Gasteiger partial charge in [0.2, 0.25) is 0 Å². The van der Waals surface area contributed by atoms with Crippen LogP contribution in [0, 0.1) is 10.8 Å². The van der Waals surface area contributed by atoms with Crippen molar-refractivity contribution < 1.29 is 23.8 Å². The summed E-state index contributed by atoms with van der Waals surface area (Å²) < 4.78 is 19.4. The third kappa shape index (κ3) is 6.70. The average Bonchev–Trinajstić information content (AvgIpc) is 2.98. The lowest BCUT2D eigenvalue weighted by atomic mass is 9.64. The van der Waals surface area contributed by atoms with E-state index in [2.05, 4.69) is 64.9 Å². The monoisotopic (exact) mass is 747 g/mol. The van der Waals surface area contributed by atoms with Crippen LogP contribution < -0.4 is 19.5 Å². The Hall–Kier alpha value is -3.36. The minimum absolute atomic E-state index is 0.102. The molecule has 0 saturated heterocycles. The number of ether oxygens (including phenoxy) is 3. The van der Waals surface area contributed by atoms with Crippen molar-refractivity contribution in [1.82, 2.24) is 5.32 Å². The third-order valence-corrected chi connectivity index (χ3v) is 10.1. The van der Waals surface area contributed by atoms with Gasteiger partial charge in [-0.05, 0) is 96.5 Å². The Balaban J connectivity index is 1.27. The fourth-order valence-electron chi connectivity index (χ4n) is 6.92. The van der Waals surface area contributed by atoms with E-state index >= 15 is 0 Å². The Kier molecular flexibility index (Phi) is 8.98. The first-order valence-corrected chi connectivity index (χ1v) is 17.2. The molecule has 0 bridgehead atoms. The number of Topliss-reactive ketones (excluding diaryl/α,β-unsaturated/α-hetero) is 2. The minimum atomic E-state index is -0.423. The number of hydrogen-bond donors (Lipinski definition) is 1. The first-order chi connectivity index (χ1) is 21.8. The number of benzene rings is 3. The molecular weight excluding hydrogens is 710 g/mol. The summed E-state index contributed by atoms with van der Waals surface area (Å²) in [5.41, 5.74) is 5.94. The van der Waals surface area contributed by atoms with Gasteiger partial charge < -0.3 is 19.5 Å². The van der Waals surface area contributed by atoms with Gasteiger partial charge in [0.25, 0.3) is 0 Å². The molecule has 6 nitrogen and oxygen atoms in total. The van der Waals surface area contributed by atoms with Crippen LogP contribution in [0.1, 0.15) is 76.0 Å². The summed E-state index contributed by atoms with van der Waals surface area (Å²) in [7, 11) is 1.62. The van der Waals surface area contributed by atoms with Crippen LogP contribution >= 0.6 is 31.9 Å². The lowest BCUT2D eigenvalue weighted by Gasteiger charge is -2.44. The summed E-state index contributed by atoms with van der Waals surface area (Å²) in [6, 6.07) is 19.8. The second kappa shape index (κ2) is 12.7. The van der Waals surface area contributed by atoms with Gasteiger partial charge in [-0.25, -0.2) is 0 Å². The molecule has 0 unspecified atom stereocenters. The first-order valence-electron chi connectivity index (χ1n) is 15.6. The zero-order chi connectivity index (χ0) is 32.8. The molecule has 0 aromatic heterocycles. The Morgan fingerprint density at radius 2 is 1.28 bits per heavy atom. The fraction of sp³-hybridized carbons (Fsp3) is 0.368. The summed E-state index contributed by atoms with van der Waals surface area (Å²) in [5.74, 6) is 1.71. The van der Waals surface area contributed by atoms with Crippen molar-refractivity contribution in [2.75, 3.05) is 7.11 Å². The van der Waals surface area contributed by atoms with E-state index in [9.17, 15) is 9.59 Å². The highest BCUT2D eigenvalue weighted by atomic mass is 79.9. The largest absolute Gasteiger partial charge is 0.493 e. The smallest absolute Gasteiger partial charge is 0.162 e. The van der Waals surface area contributed by atoms with Gasteiger partial charge in [-0.1, -0.05) is 64.1 Å². The SMILES string of the molecule is COc1cc(COc2c(Br)cc(C3C4=C(CC(C)(C)CC4=O)NC4=C3C(=O)CC(C)(C)C4)cc2Br)ccc1OCc1ccccc1. The van der Waals surface area contributed by atoms with Crippen LogP contribution in [0.3, 0.4) is 0 Å². The maximum atomic E-state index is 13.7. The van der Waals surface area contributed by atoms with Gasteiger partial charge in [-0.3, -0.25) is 9.59 Å². The van der Waals surface area contributed by atoms with Crippen LogP contribution in [-0.4, -0.2) is 18.7 Å². The zero-order valence-corrected chi connectivity index (χ0v) is 30.1. The van der Waals surface area contributed by atoms with Crippen LogP contribution in [0.5, 0.6) is 17.2 Å². The molecular formula is C38H39Br2NO5. The topological polar surface area (TPSA) is 73.9 Å². The van der Waals surface area contributed by atoms with E-state index in [1.807, 2.05) is 60.7 Å². The molecule has 3 aliphatic rings. The number of halogens is 2. The van der Waals surface area contributed by atoms with Crippen LogP contribution in [0.15, 0.2) is 92.1 Å². The number of rotatable bonds is 8. The molecule has 0 saturated carbocycles. The molecule has 3 aromatic carbocycles. The van der Waals surface area contributed by atoms with Gasteiger partial charge >= 0.3 is 0 Å². The summed E-state index contributed by atoms with van der Waals surface area (Å²) in [6.45, 7) is 9.26. The molecule has 0 amide bonds. The maximum absolute atomic E-state index is 13.7. The summed E-state index contributed by atoms with van der Waals surface area (Å²) in [4.78, 5) is 27.4. The molecule has 2 aliphatic carbocycles. The van der Waals surface area contributed by atoms with Crippen molar-refractivity contribution in [3.8, 4) is 17.2 Å². The molecule has 3 aromatic rings. The molecule has 6 rings (SSSR count). The van der Waals surface area contributed by atoms with Gasteiger partial charge in [-0.2, -0.15) is 0 Å². The van der Waals surface area contributed by atoms with Crippen molar-refractivity contribution in [1.29, 1.82) is 0 Å². The number of hydrogen-bond acceptors (Lipinski definition) is 6. The standard InChI is InChI=1S/C38H39Br2NO5/c1-37(2)16-27-34(29(42)18-37)33(35-28(41-27)17-38(3,4)19-30(35)43)24-14-25(39)36(26(40)15-24)46-21-23-11-12-31(32(13-23)44-5)45-20-22-9-7-6-8-10-22/h6-15,33,41H,16-21H2,1-5H3. The predicted octanol–water partition coefficient (Wildman–Crippen LogP) is 9.35. The maximum Gasteiger partial charge on any atom is 0.162 e. The van der Waals surface area contributed by atoms with Crippen LogP contribution in [0.25, 0.3) is 0 Å². The van der Waals surface area contributed by atoms with E-state index in [-0.39, 0.29) is 22.4 Å². The van der Waals surface area contributed by atoms with Crippen LogP contribution in [0.4, 0.5) is 0 Å². The lowest BCUT2D eigenvalue weighted by Crippen LogP contribution is -2.42. The third-order valence-electron chi connectivity index (χ3n) is 8.92. The second-order valence-corrected chi connectivity index (χ2v) is 15.8. The number of allylic oxidation sites excluding steroid dienone is 4. The minimum Gasteiger partial charge on any atom is -0.493 e. The predicted molar refractivity (Wildman–Crippen MR) is 186 cm³/mol. The van der Waals surface area contributed by atoms with Gasteiger partial charge in [-0.15, -0.1) is 0 Å².